The standard InChI is InChI=1S/C15H22N4O4S/c1-2-23-15(20)13-9-17-19-14(13)24(21,22)18-6-10-3-4-11-7-16-8-12(11)5-10/h3-5,13-14,16-19H,2,6-9H2,1H3. The lowest BCUT2D eigenvalue weighted by Crippen LogP contribution is -2.46. The first-order chi connectivity index (χ1) is 11.5. The number of carbonyl (C=O) groups is 1. The Balaban J connectivity index is 1.66. The molecule has 2 aliphatic heterocycles. The van der Waals surface area contributed by atoms with Gasteiger partial charge >= 0.3 is 5.97 Å². The van der Waals surface area contributed by atoms with E-state index in [1.807, 2.05) is 18.2 Å². The fourth-order valence-corrected chi connectivity index (χ4v) is 4.38. The molecule has 9 heteroatoms. The van der Waals surface area contributed by atoms with E-state index < -0.39 is 27.3 Å². The Morgan fingerprint density at radius 1 is 1.33 bits per heavy atom. The van der Waals surface area contributed by atoms with Crippen LogP contribution in [0.2, 0.25) is 0 Å². The van der Waals surface area contributed by atoms with Gasteiger partial charge < -0.3 is 10.1 Å². The van der Waals surface area contributed by atoms with Gasteiger partial charge in [-0.2, -0.15) is 0 Å². The number of hydrogen-bond acceptors (Lipinski definition) is 7. The molecule has 0 aliphatic carbocycles. The number of sulfonamides is 1. The molecule has 0 amide bonds. The fourth-order valence-electron chi connectivity index (χ4n) is 2.96. The average Bonchev–Trinajstić information content (AvgIpc) is 3.22. The van der Waals surface area contributed by atoms with Crippen molar-refractivity contribution >= 4 is 16.0 Å². The van der Waals surface area contributed by atoms with Crippen LogP contribution in [-0.4, -0.2) is 32.9 Å². The minimum atomic E-state index is -3.72. The Morgan fingerprint density at radius 3 is 2.92 bits per heavy atom. The van der Waals surface area contributed by atoms with Crippen LogP contribution >= 0.6 is 0 Å². The summed E-state index contributed by atoms with van der Waals surface area (Å²) < 4.78 is 32.6. The van der Waals surface area contributed by atoms with Gasteiger partial charge in [0.25, 0.3) is 0 Å². The molecule has 2 atom stereocenters. The van der Waals surface area contributed by atoms with Crippen LogP contribution in [0.5, 0.6) is 0 Å². The highest BCUT2D eigenvalue weighted by Crippen LogP contribution is 2.18. The second-order valence-electron chi connectivity index (χ2n) is 5.88. The Labute approximate surface area is 141 Å². The van der Waals surface area contributed by atoms with E-state index in [4.69, 9.17) is 4.74 Å². The number of hydrogen-bond donors (Lipinski definition) is 4. The first-order valence-corrected chi connectivity index (χ1v) is 9.51. The molecule has 132 valence electrons. The quantitative estimate of drug-likeness (QED) is 0.501. The van der Waals surface area contributed by atoms with Crippen LogP contribution in [0.25, 0.3) is 0 Å². The Kier molecular flexibility index (Phi) is 5.16. The molecule has 1 aromatic rings. The minimum absolute atomic E-state index is 0.184. The SMILES string of the molecule is CCOC(=O)C1CNNC1S(=O)(=O)NCc1ccc2c(c1)CNC2. The zero-order valence-corrected chi connectivity index (χ0v) is 14.3. The van der Waals surface area contributed by atoms with Crippen molar-refractivity contribution in [1.82, 2.24) is 20.9 Å². The van der Waals surface area contributed by atoms with Gasteiger partial charge in [-0.1, -0.05) is 18.2 Å². The minimum Gasteiger partial charge on any atom is -0.466 e. The maximum atomic E-state index is 12.5. The van der Waals surface area contributed by atoms with Crippen LogP contribution in [0.4, 0.5) is 0 Å². The van der Waals surface area contributed by atoms with Crippen molar-refractivity contribution in [3.8, 4) is 0 Å². The normalized spacial score (nSPS) is 23.2. The molecule has 24 heavy (non-hydrogen) atoms. The molecule has 1 fully saturated rings. The van der Waals surface area contributed by atoms with Crippen molar-refractivity contribution in [2.75, 3.05) is 13.2 Å². The third kappa shape index (κ3) is 3.60. The van der Waals surface area contributed by atoms with Crippen molar-refractivity contribution < 1.29 is 17.9 Å². The molecule has 1 aromatic carbocycles. The lowest BCUT2D eigenvalue weighted by molar-refractivity contribution is -0.147. The van der Waals surface area contributed by atoms with Gasteiger partial charge in [-0.15, -0.1) is 0 Å². The predicted octanol–water partition coefficient (Wildman–Crippen LogP) is -0.678. The van der Waals surface area contributed by atoms with Gasteiger partial charge in [0.2, 0.25) is 10.0 Å². The molecule has 0 spiro atoms. The predicted molar refractivity (Wildman–Crippen MR) is 87.8 cm³/mol. The summed E-state index contributed by atoms with van der Waals surface area (Å²) in [7, 11) is -3.72. The van der Waals surface area contributed by atoms with E-state index in [-0.39, 0.29) is 19.7 Å². The van der Waals surface area contributed by atoms with Crippen LogP contribution < -0.4 is 20.9 Å². The highest BCUT2D eigenvalue weighted by atomic mass is 32.2. The average molecular weight is 354 g/mol. The number of fused-ring (bicyclic) bond motifs is 1. The second kappa shape index (κ2) is 7.16. The maximum absolute atomic E-state index is 12.5. The summed E-state index contributed by atoms with van der Waals surface area (Å²) in [6, 6.07) is 5.92. The molecule has 0 saturated carbocycles. The fraction of sp³-hybridized carbons (Fsp3) is 0.533. The van der Waals surface area contributed by atoms with Crippen molar-refractivity contribution in [1.29, 1.82) is 0 Å². The Morgan fingerprint density at radius 2 is 2.12 bits per heavy atom. The van der Waals surface area contributed by atoms with E-state index >= 15 is 0 Å². The lowest BCUT2D eigenvalue weighted by Gasteiger charge is -2.18. The third-order valence-electron chi connectivity index (χ3n) is 4.23. The number of ether oxygens (including phenoxy) is 1. The largest absolute Gasteiger partial charge is 0.466 e. The molecule has 0 bridgehead atoms. The molecular weight excluding hydrogens is 332 g/mol. The van der Waals surface area contributed by atoms with E-state index in [1.54, 1.807) is 6.92 Å². The number of hydrazine groups is 1. The van der Waals surface area contributed by atoms with Gasteiger partial charge in [-0.3, -0.25) is 10.2 Å². The number of benzene rings is 1. The number of rotatable bonds is 6. The van der Waals surface area contributed by atoms with Gasteiger partial charge in [0.15, 0.2) is 5.37 Å². The molecule has 4 N–H and O–H groups in total. The van der Waals surface area contributed by atoms with E-state index in [1.165, 1.54) is 11.1 Å². The topological polar surface area (TPSA) is 109 Å². The van der Waals surface area contributed by atoms with Crippen LogP contribution in [0.15, 0.2) is 18.2 Å². The highest BCUT2D eigenvalue weighted by Gasteiger charge is 2.42. The van der Waals surface area contributed by atoms with Gasteiger partial charge in [-0.25, -0.2) is 18.6 Å². The van der Waals surface area contributed by atoms with Crippen LogP contribution in [0.3, 0.4) is 0 Å². The Bertz CT molecular complexity index is 722. The molecule has 2 aliphatic rings. The summed E-state index contributed by atoms with van der Waals surface area (Å²) in [4.78, 5) is 11.9. The molecule has 2 unspecified atom stereocenters. The monoisotopic (exact) mass is 354 g/mol. The zero-order valence-electron chi connectivity index (χ0n) is 13.5. The molecule has 0 radical (unpaired) electrons. The van der Waals surface area contributed by atoms with Crippen molar-refractivity contribution in [2.24, 2.45) is 5.92 Å². The summed E-state index contributed by atoms with van der Waals surface area (Å²) >= 11 is 0. The van der Waals surface area contributed by atoms with Gasteiger partial charge in [0.05, 0.1) is 6.61 Å². The van der Waals surface area contributed by atoms with E-state index in [9.17, 15) is 13.2 Å². The second-order valence-corrected chi connectivity index (χ2v) is 7.76. The molecular formula is C15H22N4O4S. The van der Waals surface area contributed by atoms with Gasteiger partial charge in [-0.05, 0) is 23.6 Å². The van der Waals surface area contributed by atoms with Crippen molar-refractivity contribution in [3.63, 3.8) is 0 Å². The third-order valence-corrected chi connectivity index (χ3v) is 5.90. The van der Waals surface area contributed by atoms with Crippen molar-refractivity contribution in [2.45, 2.75) is 31.9 Å². The van der Waals surface area contributed by atoms with Crippen LogP contribution in [0, 0.1) is 5.92 Å². The summed E-state index contributed by atoms with van der Waals surface area (Å²) in [5.41, 5.74) is 8.70. The smallest absolute Gasteiger partial charge is 0.313 e. The van der Waals surface area contributed by atoms with E-state index in [2.05, 4.69) is 20.9 Å². The number of nitrogens with one attached hydrogen (secondary N) is 4. The highest BCUT2D eigenvalue weighted by molar-refractivity contribution is 7.90. The molecule has 8 nitrogen and oxygen atoms in total. The lowest BCUT2D eigenvalue weighted by atomic mass is 10.1. The molecule has 0 aromatic heterocycles. The van der Waals surface area contributed by atoms with Crippen LogP contribution in [-0.2, 0) is 39.2 Å². The molecule has 2 heterocycles. The number of esters is 1. The summed E-state index contributed by atoms with van der Waals surface area (Å²) in [5.74, 6) is -1.29. The first kappa shape index (κ1) is 17.3. The Hall–Kier alpha value is -1.52. The number of carbonyl (C=O) groups excluding carboxylic acids is 1. The molecule has 1 saturated heterocycles. The van der Waals surface area contributed by atoms with Crippen molar-refractivity contribution in [3.05, 3.63) is 34.9 Å². The van der Waals surface area contributed by atoms with E-state index in [0.717, 1.165) is 18.7 Å². The molecule has 3 rings (SSSR count). The first-order valence-electron chi connectivity index (χ1n) is 7.96. The van der Waals surface area contributed by atoms with Gasteiger partial charge in [0.1, 0.15) is 5.92 Å². The van der Waals surface area contributed by atoms with Crippen LogP contribution in [0.1, 0.15) is 23.6 Å². The zero-order chi connectivity index (χ0) is 17.2. The summed E-state index contributed by atoms with van der Waals surface area (Å²) in [5, 5.41) is 2.21. The van der Waals surface area contributed by atoms with Gasteiger partial charge in [0, 0.05) is 26.2 Å². The van der Waals surface area contributed by atoms with E-state index in [0.29, 0.717) is 0 Å². The maximum Gasteiger partial charge on any atom is 0.313 e. The summed E-state index contributed by atoms with van der Waals surface area (Å²) in [6.07, 6.45) is 0. The summed E-state index contributed by atoms with van der Waals surface area (Å²) in [6.45, 7) is 3.96.